The molecule has 2 heterocycles. The van der Waals surface area contributed by atoms with E-state index in [1.165, 1.54) is 6.39 Å². The predicted octanol–water partition coefficient (Wildman–Crippen LogP) is 1.14. The van der Waals surface area contributed by atoms with Gasteiger partial charge in [0, 0.05) is 12.1 Å². The minimum atomic E-state index is 0.0850. The Balaban J connectivity index is 1.77. The largest absolute Gasteiger partial charge is 0.377 e. The number of nitrogens with zero attached hydrogens (tertiary/aromatic N) is 3. The first-order valence-corrected chi connectivity index (χ1v) is 6.51. The van der Waals surface area contributed by atoms with Crippen molar-refractivity contribution in [3.05, 3.63) is 36.2 Å². The lowest BCUT2D eigenvalue weighted by molar-refractivity contribution is -0.126. The van der Waals surface area contributed by atoms with E-state index in [1.54, 1.807) is 4.90 Å². The fourth-order valence-electron chi connectivity index (χ4n) is 2.39. The van der Waals surface area contributed by atoms with E-state index in [-0.39, 0.29) is 6.04 Å². The van der Waals surface area contributed by atoms with Gasteiger partial charge in [-0.3, -0.25) is 4.79 Å². The molecule has 1 aliphatic heterocycles. The van der Waals surface area contributed by atoms with Crippen LogP contribution in [0.25, 0.3) is 11.4 Å². The van der Waals surface area contributed by atoms with E-state index in [0.29, 0.717) is 25.6 Å². The molecule has 1 aromatic heterocycles. The molecule has 3 rings (SSSR count). The SMILES string of the molecule is O=CN1CCOC[C@H]1Cc1cccc(-c2ncon2)c1. The summed E-state index contributed by atoms with van der Waals surface area (Å²) in [5.74, 6) is 0.569. The van der Waals surface area contributed by atoms with Crippen molar-refractivity contribution in [3.8, 4) is 11.4 Å². The zero-order chi connectivity index (χ0) is 13.8. The smallest absolute Gasteiger partial charge is 0.214 e. The van der Waals surface area contributed by atoms with Gasteiger partial charge >= 0.3 is 0 Å². The Morgan fingerprint density at radius 1 is 1.45 bits per heavy atom. The fraction of sp³-hybridized carbons (Fsp3) is 0.357. The van der Waals surface area contributed by atoms with Crippen molar-refractivity contribution in [2.24, 2.45) is 0 Å². The molecule has 1 amide bonds. The maximum Gasteiger partial charge on any atom is 0.214 e. The number of aromatic nitrogens is 2. The zero-order valence-electron chi connectivity index (χ0n) is 10.9. The van der Waals surface area contributed by atoms with Crippen LogP contribution in [0, 0.1) is 0 Å². The zero-order valence-corrected chi connectivity index (χ0v) is 10.9. The van der Waals surface area contributed by atoms with Crippen molar-refractivity contribution in [1.29, 1.82) is 0 Å². The number of benzene rings is 1. The third-order valence-corrected chi connectivity index (χ3v) is 3.43. The third kappa shape index (κ3) is 2.70. The van der Waals surface area contributed by atoms with E-state index in [0.717, 1.165) is 24.0 Å². The van der Waals surface area contributed by atoms with E-state index in [1.807, 2.05) is 24.3 Å². The average molecular weight is 273 g/mol. The number of carbonyl (C=O) groups excluding carboxylic acids is 1. The quantitative estimate of drug-likeness (QED) is 0.781. The summed E-state index contributed by atoms with van der Waals surface area (Å²) in [7, 11) is 0. The molecule has 1 aromatic carbocycles. The molecule has 2 aromatic rings. The molecule has 0 bridgehead atoms. The standard InChI is InChI=1S/C14H15N3O3/c18-10-17-4-5-19-8-13(17)7-11-2-1-3-12(6-11)14-15-9-20-16-14/h1-3,6,9-10,13H,4-5,7-8H2/t13-/m1/s1. The van der Waals surface area contributed by atoms with Crippen molar-refractivity contribution < 1.29 is 14.1 Å². The van der Waals surface area contributed by atoms with E-state index < -0.39 is 0 Å². The molecule has 0 radical (unpaired) electrons. The second-order valence-electron chi connectivity index (χ2n) is 4.73. The highest BCUT2D eigenvalue weighted by Gasteiger charge is 2.21. The van der Waals surface area contributed by atoms with Gasteiger partial charge in [-0.2, -0.15) is 4.98 Å². The van der Waals surface area contributed by atoms with E-state index in [9.17, 15) is 4.79 Å². The highest BCUT2D eigenvalue weighted by atomic mass is 16.5. The summed E-state index contributed by atoms with van der Waals surface area (Å²) >= 11 is 0. The van der Waals surface area contributed by atoms with Crippen LogP contribution >= 0.6 is 0 Å². The van der Waals surface area contributed by atoms with Crippen LogP contribution in [0.2, 0.25) is 0 Å². The van der Waals surface area contributed by atoms with Crippen LogP contribution in [0.5, 0.6) is 0 Å². The molecule has 20 heavy (non-hydrogen) atoms. The molecule has 0 unspecified atom stereocenters. The molecule has 104 valence electrons. The molecule has 6 nitrogen and oxygen atoms in total. The van der Waals surface area contributed by atoms with Crippen molar-refractivity contribution in [2.75, 3.05) is 19.8 Å². The maximum absolute atomic E-state index is 11.1. The highest BCUT2D eigenvalue weighted by molar-refractivity contribution is 5.55. The van der Waals surface area contributed by atoms with Gasteiger partial charge in [-0.1, -0.05) is 23.4 Å². The van der Waals surface area contributed by atoms with Gasteiger partial charge in [-0.15, -0.1) is 0 Å². The Labute approximate surface area is 116 Å². The van der Waals surface area contributed by atoms with Gasteiger partial charge in [0.25, 0.3) is 0 Å². The number of morpholine rings is 1. The Bertz CT molecular complexity index is 571. The molecule has 0 spiro atoms. The molecule has 0 N–H and O–H groups in total. The molecule has 1 atom stereocenters. The monoisotopic (exact) mass is 273 g/mol. The van der Waals surface area contributed by atoms with Crippen LogP contribution in [-0.4, -0.2) is 47.3 Å². The Morgan fingerprint density at radius 3 is 3.20 bits per heavy atom. The molecular formula is C14H15N3O3. The van der Waals surface area contributed by atoms with E-state index in [2.05, 4.69) is 10.1 Å². The summed E-state index contributed by atoms with van der Waals surface area (Å²) < 4.78 is 10.2. The minimum Gasteiger partial charge on any atom is -0.377 e. The van der Waals surface area contributed by atoms with Crippen molar-refractivity contribution in [2.45, 2.75) is 12.5 Å². The van der Waals surface area contributed by atoms with Crippen LogP contribution in [-0.2, 0) is 16.0 Å². The van der Waals surface area contributed by atoms with Crippen LogP contribution in [0.15, 0.2) is 35.2 Å². The number of hydrogen-bond donors (Lipinski definition) is 0. The van der Waals surface area contributed by atoms with Crippen molar-refractivity contribution >= 4 is 6.41 Å². The summed E-state index contributed by atoms with van der Waals surface area (Å²) in [6.07, 6.45) is 2.96. The lowest BCUT2D eigenvalue weighted by Gasteiger charge is -2.32. The molecule has 1 saturated heterocycles. The Kier molecular flexibility index (Phi) is 3.73. The van der Waals surface area contributed by atoms with Crippen molar-refractivity contribution in [1.82, 2.24) is 15.0 Å². The van der Waals surface area contributed by atoms with Gasteiger partial charge in [-0.25, -0.2) is 0 Å². The van der Waals surface area contributed by atoms with Gasteiger partial charge in [-0.05, 0) is 18.1 Å². The third-order valence-electron chi connectivity index (χ3n) is 3.43. The lowest BCUT2D eigenvalue weighted by atomic mass is 10.0. The summed E-state index contributed by atoms with van der Waals surface area (Å²) in [5, 5.41) is 3.83. The summed E-state index contributed by atoms with van der Waals surface area (Å²) in [6, 6.07) is 8.02. The first-order valence-electron chi connectivity index (χ1n) is 6.51. The predicted molar refractivity (Wildman–Crippen MR) is 70.8 cm³/mol. The van der Waals surface area contributed by atoms with E-state index in [4.69, 9.17) is 9.26 Å². The second kappa shape index (κ2) is 5.83. The van der Waals surface area contributed by atoms with Crippen LogP contribution in [0.1, 0.15) is 5.56 Å². The highest BCUT2D eigenvalue weighted by Crippen LogP contribution is 2.18. The van der Waals surface area contributed by atoms with Crippen LogP contribution in [0.4, 0.5) is 0 Å². The Hall–Kier alpha value is -2.21. The molecular weight excluding hydrogens is 258 g/mol. The minimum absolute atomic E-state index is 0.0850. The van der Waals surface area contributed by atoms with E-state index >= 15 is 0 Å². The van der Waals surface area contributed by atoms with Gasteiger partial charge < -0.3 is 14.2 Å². The van der Waals surface area contributed by atoms with Gasteiger partial charge in [0.05, 0.1) is 19.3 Å². The Morgan fingerprint density at radius 2 is 2.40 bits per heavy atom. The normalized spacial score (nSPS) is 19.0. The number of rotatable bonds is 4. The maximum atomic E-state index is 11.1. The summed E-state index contributed by atoms with van der Waals surface area (Å²) in [5.41, 5.74) is 2.03. The van der Waals surface area contributed by atoms with Gasteiger partial charge in [0.2, 0.25) is 18.6 Å². The first-order chi connectivity index (χ1) is 9.86. The fourth-order valence-corrected chi connectivity index (χ4v) is 2.39. The number of ether oxygens (including phenoxy) is 1. The van der Waals surface area contributed by atoms with Gasteiger partial charge in [0.1, 0.15) is 0 Å². The topological polar surface area (TPSA) is 68.5 Å². The van der Waals surface area contributed by atoms with Crippen molar-refractivity contribution in [3.63, 3.8) is 0 Å². The molecule has 0 aliphatic carbocycles. The summed E-state index contributed by atoms with van der Waals surface area (Å²) in [6.45, 7) is 1.84. The first kappa shape index (κ1) is 12.8. The molecule has 0 saturated carbocycles. The number of carbonyl (C=O) groups is 1. The number of hydrogen-bond acceptors (Lipinski definition) is 5. The lowest BCUT2D eigenvalue weighted by Crippen LogP contribution is -2.45. The summed E-state index contributed by atoms with van der Waals surface area (Å²) in [4.78, 5) is 16.9. The second-order valence-corrected chi connectivity index (χ2v) is 4.73. The van der Waals surface area contributed by atoms with Gasteiger partial charge in [0.15, 0.2) is 0 Å². The average Bonchev–Trinajstić information content (AvgIpc) is 3.02. The molecule has 1 fully saturated rings. The van der Waals surface area contributed by atoms with Crippen LogP contribution in [0.3, 0.4) is 0 Å². The molecule has 6 heteroatoms. The van der Waals surface area contributed by atoms with Crippen LogP contribution < -0.4 is 0 Å². The number of amides is 1. The molecule has 1 aliphatic rings.